The first-order chi connectivity index (χ1) is 8.24. The normalized spacial score (nSPS) is 10.0. The molecular formula is C12H13N3O2. The van der Waals surface area contributed by atoms with Crippen molar-refractivity contribution in [2.24, 2.45) is 0 Å². The van der Waals surface area contributed by atoms with E-state index in [-0.39, 0.29) is 5.95 Å². The lowest BCUT2D eigenvalue weighted by molar-refractivity contribution is 0.404. The summed E-state index contributed by atoms with van der Waals surface area (Å²) in [5.41, 5.74) is 7.09. The van der Waals surface area contributed by atoms with Gasteiger partial charge in [0, 0.05) is 11.8 Å². The molecule has 0 aliphatic carbocycles. The molecule has 17 heavy (non-hydrogen) atoms. The summed E-state index contributed by atoms with van der Waals surface area (Å²) in [5, 5.41) is 0. The molecule has 0 spiro atoms. The van der Waals surface area contributed by atoms with Gasteiger partial charge < -0.3 is 15.2 Å². The third kappa shape index (κ3) is 2.28. The maximum Gasteiger partial charge on any atom is 0.220 e. The van der Waals surface area contributed by atoms with E-state index in [0.29, 0.717) is 11.4 Å². The summed E-state index contributed by atoms with van der Waals surface area (Å²) in [6.07, 6.45) is 1.61. The number of ether oxygens (including phenoxy) is 2. The van der Waals surface area contributed by atoms with Gasteiger partial charge >= 0.3 is 0 Å². The van der Waals surface area contributed by atoms with E-state index in [2.05, 4.69) is 9.97 Å². The van der Waals surface area contributed by atoms with Crippen molar-refractivity contribution in [3.8, 4) is 22.8 Å². The molecular weight excluding hydrogens is 218 g/mol. The van der Waals surface area contributed by atoms with Crippen molar-refractivity contribution >= 4 is 5.95 Å². The molecule has 1 heterocycles. The molecule has 0 saturated heterocycles. The Morgan fingerprint density at radius 2 is 1.94 bits per heavy atom. The lowest BCUT2D eigenvalue weighted by atomic mass is 10.1. The monoisotopic (exact) mass is 231 g/mol. The first-order valence-electron chi connectivity index (χ1n) is 5.05. The number of rotatable bonds is 3. The van der Waals surface area contributed by atoms with Crippen LogP contribution in [0.3, 0.4) is 0 Å². The van der Waals surface area contributed by atoms with E-state index >= 15 is 0 Å². The van der Waals surface area contributed by atoms with E-state index in [1.54, 1.807) is 26.5 Å². The summed E-state index contributed by atoms with van der Waals surface area (Å²) in [6, 6.07) is 7.27. The number of nitrogen functional groups attached to an aromatic ring is 1. The summed E-state index contributed by atoms with van der Waals surface area (Å²) < 4.78 is 10.5. The quantitative estimate of drug-likeness (QED) is 0.871. The highest BCUT2D eigenvalue weighted by molar-refractivity contribution is 5.69. The standard InChI is InChI=1S/C12H13N3O2/c1-16-8-3-4-11(17-2)9(7-8)10-5-6-14-12(13)15-10/h3-7H,1-2H3,(H2,13,14,15). The molecule has 0 unspecified atom stereocenters. The summed E-state index contributed by atoms with van der Waals surface area (Å²) >= 11 is 0. The van der Waals surface area contributed by atoms with E-state index in [1.807, 2.05) is 18.2 Å². The first-order valence-corrected chi connectivity index (χ1v) is 5.05. The van der Waals surface area contributed by atoms with Crippen LogP contribution in [0, 0.1) is 0 Å². The Morgan fingerprint density at radius 1 is 1.12 bits per heavy atom. The smallest absolute Gasteiger partial charge is 0.220 e. The second-order valence-electron chi connectivity index (χ2n) is 3.37. The topological polar surface area (TPSA) is 70.3 Å². The average molecular weight is 231 g/mol. The number of hydrogen-bond acceptors (Lipinski definition) is 5. The molecule has 5 heteroatoms. The molecule has 0 atom stereocenters. The molecule has 2 rings (SSSR count). The van der Waals surface area contributed by atoms with E-state index < -0.39 is 0 Å². The Bertz CT molecular complexity index is 529. The highest BCUT2D eigenvalue weighted by Gasteiger charge is 2.09. The number of nitrogens with zero attached hydrogens (tertiary/aromatic N) is 2. The van der Waals surface area contributed by atoms with Gasteiger partial charge in [0.05, 0.1) is 19.9 Å². The predicted octanol–water partition coefficient (Wildman–Crippen LogP) is 1.74. The number of anilines is 1. The molecule has 0 bridgehead atoms. The van der Waals surface area contributed by atoms with Crippen LogP contribution < -0.4 is 15.2 Å². The molecule has 0 saturated carbocycles. The van der Waals surface area contributed by atoms with Gasteiger partial charge in [-0.1, -0.05) is 0 Å². The van der Waals surface area contributed by atoms with E-state index in [1.165, 1.54) is 0 Å². The van der Waals surface area contributed by atoms with Gasteiger partial charge in [-0.25, -0.2) is 9.97 Å². The van der Waals surface area contributed by atoms with Crippen molar-refractivity contribution in [3.05, 3.63) is 30.5 Å². The van der Waals surface area contributed by atoms with Crippen LogP contribution in [0.2, 0.25) is 0 Å². The fraction of sp³-hybridized carbons (Fsp3) is 0.167. The Hall–Kier alpha value is -2.30. The predicted molar refractivity (Wildman–Crippen MR) is 65.0 cm³/mol. The van der Waals surface area contributed by atoms with Gasteiger partial charge in [0.1, 0.15) is 11.5 Å². The number of hydrogen-bond donors (Lipinski definition) is 1. The molecule has 5 nitrogen and oxygen atoms in total. The maximum atomic E-state index is 5.56. The lowest BCUT2D eigenvalue weighted by Gasteiger charge is -2.09. The molecule has 0 radical (unpaired) electrons. The molecule has 2 aromatic rings. The Balaban J connectivity index is 2.56. The minimum absolute atomic E-state index is 0.229. The van der Waals surface area contributed by atoms with Gasteiger partial charge in [0.2, 0.25) is 5.95 Å². The van der Waals surface area contributed by atoms with Crippen molar-refractivity contribution < 1.29 is 9.47 Å². The van der Waals surface area contributed by atoms with Crippen molar-refractivity contribution in [1.29, 1.82) is 0 Å². The minimum Gasteiger partial charge on any atom is -0.497 e. The van der Waals surface area contributed by atoms with Crippen molar-refractivity contribution in [2.75, 3.05) is 20.0 Å². The summed E-state index contributed by atoms with van der Waals surface area (Å²) in [4.78, 5) is 8.02. The molecule has 0 amide bonds. The van der Waals surface area contributed by atoms with Crippen LogP contribution in [0.15, 0.2) is 30.5 Å². The number of methoxy groups -OCH3 is 2. The largest absolute Gasteiger partial charge is 0.497 e. The SMILES string of the molecule is COc1ccc(OC)c(-c2ccnc(N)n2)c1. The summed E-state index contributed by atoms with van der Waals surface area (Å²) in [5.74, 6) is 1.68. The summed E-state index contributed by atoms with van der Waals surface area (Å²) in [6.45, 7) is 0. The second-order valence-corrected chi connectivity index (χ2v) is 3.37. The van der Waals surface area contributed by atoms with Crippen LogP contribution in [0.25, 0.3) is 11.3 Å². The van der Waals surface area contributed by atoms with Crippen LogP contribution in [-0.4, -0.2) is 24.2 Å². The van der Waals surface area contributed by atoms with Crippen LogP contribution >= 0.6 is 0 Å². The highest BCUT2D eigenvalue weighted by atomic mass is 16.5. The zero-order valence-electron chi connectivity index (χ0n) is 9.68. The molecule has 1 aromatic heterocycles. The molecule has 0 aliphatic rings. The third-order valence-corrected chi connectivity index (χ3v) is 2.36. The van der Waals surface area contributed by atoms with Crippen LogP contribution in [0.5, 0.6) is 11.5 Å². The zero-order valence-corrected chi connectivity index (χ0v) is 9.68. The Kier molecular flexibility index (Phi) is 3.09. The number of benzene rings is 1. The van der Waals surface area contributed by atoms with Crippen LogP contribution in [0.4, 0.5) is 5.95 Å². The van der Waals surface area contributed by atoms with Gasteiger partial charge in [0.15, 0.2) is 0 Å². The number of aromatic nitrogens is 2. The molecule has 0 aliphatic heterocycles. The number of nitrogens with two attached hydrogens (primary N) is 1. The van der Waals surface area contributed by atoms with Crippen molar-refractivity contribution in [3.63, 3.8) is 0 Å². The Morgan fingerprint density at radius 3 is 2.59 bits per heavy atom. The highest BCUT2D eigenvalue weighted by Crippen LogP contribution is 2.32. The lowest BCUT2D eigenvalue weighted by Crippen LogP contribution is -1.97. The van der Waals surface area contributed by atoms with Gasteiger partial charge in [0.25, 0.3) is 0 Å². The van der Waals surface area contributed by atoms with Crippen molar-refractivity contribution in [1.82, 2.24) is 9.97 Å². The fourth-order valence-electron chi connectivity index (χ4n) is 1.54. The Labute approximate surface area is 99.2 Å². The van der Waals surface area contributed by atoms with Gasteiger partial charge in [-0.05, 0) is 24.3 Å². The minimum atomic E-state index is 0.229. The molecule has 1 aromatic carbocycles. The van der Waals surface area contributed by atoms with E-state index in [0.717, 1.165) is 11.3 Å². The molecule has 2 N–H and O–H groups in total. The van der Waals surface area contributed by atoms with E-state index in [4.69, 9.17) is 15.2 Å². The fourth-order valence-corrected chi connectivity index (χ4v) is 1.54. The zero-order chi connectivity index (χ0) is 12.3. The molecule has 0 fully saturated rings. The molecule has 88 valence electrons. The summed E-state index contributed by atoms with van der Waals surface area (Å²) in [7, 11) is 3.22. The second kappa shape index (κ2) is 4.69. The average Bonchev–Trinajstić information content (AvgIpc) is 2.38. The van der Waals surface area contributed by atoms with E-state index in [9.17, 15) is 0 Å². The maximum absolute atomic E-state index is 5.56. The van der Waals surface area contributed by atoms with Gasteiger partial charge in [-0.2, -0.15) is 0 Å². The first kappa shape index (κ1) is 11.2. The van der Waals surface area contributed by atoms with Crippen LogP contribution in [-0.2, 0) is 0 Å². The van der Waals surface area contributed by atoms with Gasteiger partial charge in [-0.3, -0.25) is 0 Å². The third-order valence-electron chi connectivity index (χ3n) is 2.36. The van der Waals surface area contributed by atoms with Crippen molar-refractivity contribution in [2.45, 2.75) is 0 Å². The van der Waals surface area contributed by atoms with Gasteiger partial charge in [-0.15, -0.1) is 0 Å². The van der Waals surface area contributed by atoms with Crippen LogP contribution in [0.1, 0.15) is 0 Å².